The highest BCUT2D eigenvalue weighted by Gasteiger charge is 2.46. The van der Waals surface area contributed by atoms with Gasteiger partial charge in [-0.1, -0.05) is 53.4 Å². The van der Waals surface area contributed by atoms with Crippen molar-refractivity contribution in [3.63, 3.8) is 0 Å². The molecular weight excluding hydrogens is 200 g/mol. The summed E-state index contributed by atoms with van der Waals surface area (Å²) in [6.07, 6.45) is 6.51. The van der Waals surface area contributed by atoms with Crippen LogP contribution < -0.4 is 0 Å². The van der Waals surface area contributed by atoms with Crippen molar-refractivity contribution in [2.24, 2.45) is 0 Å². The van der Waals surface area contributed by atoms with Crippen molar-refractivity contribution in [1.82, 2.24) is 0 Å². The van der Waals surface area contributed by atoms with E-state index in [9.17, 15) is 10.2 Å². The largest absolute Gasteiger partial charge is 0.387 e. The first-order valence-corrected chi connectivity index (χ1v) is 6.94. The summed E-state index contributed by atoms with van der Waals surface area (Å²) in [5.74, 6) is 0. The predicted octanol–water partition coefficient (Wildman–Crippen LogP) is 3.65. The molecule has 0 aromatic rings. The van der Waals surface area contributed by atoms with Crippen LogP contribution in [0.15, 0.2) is 0 Å². The van der Waals surface area contributed by atoms with Crippen LogP contribution in [0.2, 0.25) is 0 Å². The third-order valence-electron chi connectivity index (χ3n) is 3.52. The second-order valence-corrected chi connectivity index (χ2v) is 5.06. The predicted molar refractivity (Wildman–Crippen MR) is 69.5 cm³/mol. The molecule has 0 aliphatic heterocycles. The molecule has 2 heteroatoms. The van der Waals surface area contributed by atoms with E-state index >= 15 is 0 Å². The quantitative estimate of drug-likeness (QED) is 0.635. The fourth-order valence-corrected chi connectivity index (χ4v) is 2.84. The van der Waals surface area contributed by atoms with Crippen LogP contribution in [0.25, 0.3) is 0 Å². The zero-order chi connectivity index (χ0) is 12.7. The maximum atomic E-state index is 10.7. The average molecular weight is 230 g/mol. The molecule has 0 unspecified atom stereocenters. The van der Waals surface area contributed by atoms with Gasteiger partial charge in [-0.2, -0.15) is 0 Å². The van der Waals surface area contributed by atoms with E-state index in [0.29, 0.717) is 25.7 Å². The first-order chi connectivity index (χ1) is 7.49. The molecule has 0 atom stereocenters. The Bertz CT molecular complexity index is 146. The molecular formula is C14H30O2. The molecule has 0 aromatic carbocycles. The Morgan fingerprint density at radius 3 is 0.875 bits per heavy atom. The molecule has 0 amide bonds. The third-order valence-corrected chi connectivity index (χ3v) is 3.52. The average Bonchev–Trinajstić information content (AvgIpc) is 2.19. The molecule has 0 saturated carbocycles. The normalized spacial score (nSPS) is 13.1. The second kappa shape index (κ2) is 7.29. The summed E-state index contributed by atoms with van der Waals surface area (Å²) in [5, 5.41) is 21.5. The Hall–Kier alpha value is -0.0800. The van der Waals surface area contributed by atoms with E-state index in [1.807, 2.05) is 0 Å². The van der Waals surface area contributed by atoms with E-state index in [2.05, 4.69) is 27.7 Å². The van der Waals surface area contributed by atoms with Gasteiger partial charge < -0.3 is 10.2 Å². The number of hydrogen-bond donors (Lipinski definition) is 2. The smallest absolute Gasteiger partial charge is 0.0933 e. The summed E-state index contributed by atoms with van der Waals surface area (Å²) in [4.78, 5) is 0. The highest BCUT2D eigenvalue weighted by Crippen LogP contribution is 2.38. The van der Waals surface area contributed by atoms with Crippen molar-refractivity contribution >= 4 is 0 Å². The molecule has 0 aliphatic carbocycles. The minimum atomic E-state index is -0.886. The molecule has 16 heavy (non-hydrogen) atoms. The van der Waals surface area contributed by atoms with Crippen LogP contribution in [0.3, 0.4) is 0 Å². The fraction of sp³-hybridized carbons (Fsp3) is 1.00. The van der Waals surface area contributed by atoms with Gasteiger partial charge in [0.15, 0.2) is 0 Å². The topological polar surface area (TPSA) is 40.5 Å². The van der Waals surface area contributed by atoms with E-state index in [-0.39, 0.29) is 0 Å². The molecule has 0 fully saturated rings. The van der Waals surface area contributed by atoms with E-state index < -0.39 is 11.2 Å². The molecule has 0 rings (SSSR count). The Morgan fingerprint density at radius 2 is 0.750 bits per heavy atom. The van der Waals surface area contributed by atoms with Crippen molar-refractivity contribution in [2.75, 3.05) is 0 Å². The summed E-state index contributed by atoms with van der Waals surface area (Å²) in [6, 6.07) is 0. The second-order valence-electron chi connectivity index (χ2n) is 5.06. The van der Waals surface area contributed by atoms with Gasteiger partial charge in [-0.3, -0.25) is 0 Å². The lowest BCUT2D eigenvalue weighted by Gasteiger charge is -2.44. The molecule has 98 valence electrons. The Morgan fingerprint density at radius 1 is 0.562 bits per heavy atom. The summed E-state index contributed by atoms with van der Waals surface area (Å²) >= 11 is 0. The molecule has 0 saturated heterocycles. The third kappa shape index (κ3) is 3.74. The minimum Gasteiger partial charge on any atom is -0.387 e. The van der Waals surface area contributed by atoms with Crippen molar-refractivity contribution in [2.45, 2.75) is 90.3 Å². The van der Waals surface area contributed by atoms with Crippen molar-refractivity contribution in [3.05, 3.63) is 0 Å². The molecule has 2 nitrogen and oxygen atoms in total. The van der Waals surface area contributed by atoms with Gasteiger partial charge >= 0.3 is 0 Å². The number of aliphatic hydroxyl groups is 2. The number of rotatable bonds is 9. The summed E-state index contributed by atoms with van der Waals surface area (Å²) in [7, 11) is 0. The van der Waals surface area contributed by atoms with Crippen molar-refractivity contribution in [1.29, 1.82) is 0 Å². The molecule has 0 spiro atoms. The molecule has 0 bridgehead atoms. The van der Waals surface area contributed by atoms with Crippen LogP contribution in [0.1, 0.15) is 79.1 Å². The molecule has 0 radical (unpaired) electrons. The highest BCUT2D eigenvalue weighted by atomic mass is 16.4. The molecule has 0 aromatic heterocycles. The van der Waals surface area contributed by atoms with Crippen LogP contribution >= 0.6 is 0 Å². The Balaban J connectivity index is 4.90. The van der Waals surface area contributed by atoms with Crippen LogP contribution in [-0.4, -0.2) is 21.4 Å². The van der Waals surface area contributed by atoms with Gasteiger partial charge in [0.2, 0.25) is 0 Å². The lowest BCUT2D eigenvalue weighted by Crippen LogP contribution is -2.54. The zero-order valence-corrected chi connectivity index (χ0v) is 11.6. The van der Waals surface area contributed by atoms with Gasteiger partial charge in [0.25, 0.3) is 0 Å². The SMILES string of the molecule is CCCC(O)(CCC)C(O)(CCC)CCC. The van der Waals surface area contributed by atoms with Gasteiger partial charge in [0, 0.05) is 0 Å². The monoisotopic (exact) mass is 230 g/mol. The van der Waals surface area contributed by atoms with Crippen molar-refractivity contribution in [3.8, 4) is 0 Å². The first-order valence-electron chi connectivity index (χ1n) is 6.94. The van der Waals surface area contributed by atoms with Gasteiger partial charge in [0.1, 0.15) is 0 Å². The Labute approximate surface area is 101 Å². The molecule has 2 N–H and O–H groups in total. The van der Waals surface area contributed by atoms with Crippen LogP contribution in [0, 0.1) is 0 Å². The maximum Gasteiger partial charge on any atom is 0.0933 e. The number of hydrogen-bond acceptors (Lipinski definition) is 2. The van der Waals surface area contributed by atoms with Crippen LogP contribution in [-0.2, 0) is 0 Å². The standard InChI is InChI=1S/C14H30O2/c1-5-9-13(15,10-6-2)14(16,11-7-3)12-8-4/h15-16H,5-12H2,1-4H3. The summed E-state index contributed by atoms with van der Waals surface area (Å²) < 4.78 is 0. The van der Waals surface area contributed by atoms with Gasteiger partial charge in [0.05, 0.1) is 11.2 Å². The molecule has 0 heterocycles. The minimum absolute atomic E-state index is 0.706. The maximum absolute atomic E-state index is 10.7. The molecule has 0 aliphatic rings. The first kappa shape index (κ1) is 15.9. The lowest BCUT2D eigenvalue weighted by molar-refractivity contribution is -0.168. The van der Waals surface area contributed by atoms with Crippen LogP contribution in [0.5, 0.6) is 0 Å². The van der Waals surface area contributed by atoms with E-state index in [4.69, 9.17) is 0 Å². The van der Waals surface area contributed by atoms with Gasteiger partial charge in [-0.15, -0.1) is 0 Å². The van der Waals surface area contributed by atoms with E-state index in [1.54, 1.807) is 0 Å². The lowest BCUT2D eigenvalue weighted by atomic mass is 9.72. The zero-order valence-electron chi connectivity index (χ0n) is 11.6. The van der Waals surface area contributed by atoms with E-state index in [1.165, 1.54) is 0 Å². The summed E-state index contributed by atoms with van der Waals surface area (Å²) in [6.45, 7) is 8.27. The summed E-state index contributed by atoms with van der Waals surface area (Å²) in [5.41, 5.74) is -1.77. The Kier molecular flexibility index (Phi) is 7.25. The van der Waals surface area contributed by atoms with Crippen LogP contribution in [0.4, 0.5) is 0 Å². The fourth-order valence-electron chi connectivity index (χ4n) is 2.84. The highest BCUT2D eigenvalue weighted by molar-refractivity contribution is 4.98. The van der Waals surface area contributed by atoms with Gasteiger partial charge in [-0.05, 0) is 25.7 Å². The van der Waals surface area contributed by atoms with Gasteiger partial charge in [-0.25, -0.2) is 0 Å². The van der Waals surface area contributed by atoms with Crippen molar-refractivity contribution < 1.29 is 10.2 Å². The van der Waals surface area contributed by atoms with E-state index in [0.717, 1.165) is 25.7 Å².